The summed E-state index contributed by atoms with van der Waals surface area (Å²) in [6.07, 6.45) is 0.361. The SMILES string of the molecule is NC(c1ccc(I)c(Cl)c1)c1cc2c(cc1Cl)NC(=O)C2. The molecule has 0 aromatic heterocycles. The third-order valence-corrected chi connectivity index (χ3v) is 5.39. The summed E-state index contributed by atoms with van der Waals surface area (Å²) < 4.78 is 0.972. The molecule has 3 nitrogen and oxygen atoms in total. The molecular formula is C15H11Cl2IN2O. The van der Waals surface area contributed by atoms with Crippen LogP contribution >= 0.6 is 45.8 Å². The first-order valence-corrected chi connectivity index (χ1v) is 8.12. The third-order valence-electron chi connectivity index (χ3n) is 3.49. The van der Waals surface area contributed by atoms with Crippen molar-refractivity contribution in [1.82, 2.24) is 0 Å². The van der Waals surface area contributed by atoms with Crippen molar-refractivity contribution in [3.05, 3.63) is 60.6 Å². The average Bonchev–Trinajstić information content (AvgIpc) is 2.79. The molecule has 108 valence electrons. The zero-order valence-corrected chi connectivity index (χ0v) is 14.5. The van der Waals surface area contributed by atoms with E-state index in [0.717, 1.165) is 25.9 Å². The van der Waals surface area contributed by atoms with Crippen LogP contribution in [-0.2, 0) is 11.2 Å². The summed E-state index contributed by atoms with van der Waals surface area (Å²) in [4.78, 5) is 11.4. The summed E-state index contributed by atoms with van der Waals surface area (Å²) in [6.45, 7) is 0. The minimum atomic E-state index is -0.381. The minimum absolute atomic E-state index is 0.0240. The first-order valence-electron chi connectivity index (χ1n) is 6.28. The molecule has 1 atom stereocenters. The highest BCUT2D eigenvalue weighted by molar-refractivity contribution is 14.1. The largest absolute Gasteiger partial charge is 0.325 e. The van der Waals surface area contributed by atoms with Gasteiger partial charge in [0, 0.05) is 14.3 Å². The van der Waals surface area contributed by atoms with E-state index in [1.807, 2.05) is 24.3 Å². The van der Waals surface area contributed by atoms with Gasteiger partial charge in [-0.15, -0.1) is 0 Å². The first kappa shape index (κ1) is 15.1. The molecule has 1 heterocycles. The van der Waals surface area contributed by atoms with Crippen LogP contribution < -0.4 is 11.1 Å². The number of rotatable bonds is 2. The monoisotopic (exact) mass is 432 g/mol. The summed E-state index contributed by atoms with van der Waals surface area (Å²) in [5.41, 5.74) is 9.69. The maximum absolute atomic E-state index is 11.4. The second-order valence-electron chi connectivity index (χ2n) is 4.91. The Morgan fingerprint density at radius 3 is 2.67 bits per heavy atom. The van der Waals surface area contributed by atoms with E-state index < -0.39 is 0 Å². The number of fused-ring (bicyclic) bond motifs is 1. The van der Waals surface area contributed by atoms with E-state index in [2.05, 4.69) is 27.9 Å². The summed E-state index contributed by atoms with van der Waals surface area (Å²) >= 11 is 14.6. The van der Waals surface area contributed by atoms with E-state index in [9.17, 15) is 4.79 Å². The molecule has 2 aromatic rings. The molecule has 1 aliphatic heterocycles. The number of carbonyl (C=O) groups excluding carboxylic acids is 1. The molecule has 1 unspecified atom stereocenters. The number of amides is 1. The second-order valence-corrected chi connectivity index (χ2v) is 6.88. The van der Waals surface area contributed by atoms with Gasteiger partial charge in [0.05, 0.1) is 17.5 Å². The molecular weight excluding hydrogens is 422 g/mol. The zero-order valence-electron chi connectivity index (χ0n) is 10.8. The van der Waals surface area contributed by atoms with Gasteiger partial charge >= 0.3 is 0 Å². The highest BCUT2D eigenvalue weighted by Crippen LogP contribution is 2.35. The summed E-state index contributed by atoms with van der Waals surface area (Å²) in [6, 6.07) is 8.97. The van der Waals surface area contributed by atoms with E-state index in [1.165, 1.54) is 0 Å². The van der Waals surface area contributed by atoms with E-state index in [0.29, 0.717) is 16.5 Å². The topological polar surface area (TPSA) is 55.1 Å². The number of hydrogen-bond donors (Lipinski definition) is 2. The lowest BCUT2D eigenvalue weighted by Gasteiger charge is -2.16. The summed E-state index contributed by atoms with van der Waals surface area (Å²) in [5, 5.41) is 3.98. The zero-order chi connectivity index (χ0) is 15.1. The molecule has 0 aliphatic carbocycles. The Hall–Kier alpha value is -0.820. The Balaban J connectivity index is 2.02. The van der Waals surface area contributed by atoms with Gasteiger partial charge in [-0.25, -0.2) is 0 Å². The molecule has 3 N–H and O–H groups in total. The van der Waals surface area contributed by atoms with Gasteiger partial charge in [-0.1, -0.05) is 29.3 Å². The Labute approximate surface area is 145 Å². The van der Waals surface area contributed by atoms with Crippen molar-refractivity contribution >= 4 is 57.4 Å². The molecule has 0 saturated carbocycles. The standard InChI is InChI=1S/C15H11Cl2IN2O/c16-10-6-13-8(5-14(21)20-13)3-9(10)15(19)7-1-2-12(18)11(17)4-7/h1-4,6,15H,5,19H2,(H,20,21). The van der Waals surface area contributed by atoms with Crippen molar-refractivity contribution in [3.8, 4) is 0 Å². The van der Waals surface area contributed by atoms with Gasteiger partial charge in [-0.3, -0.25) is 4.79 Å². The Morgan fingerprint density at radius 2 is 1.95 bits per heavy atom. The third kappa shape index (κ3) is 2.90. The van der Waals surface area contributed by atoms with Crippen molar-refractivity contribution in [1.29, 1.82) is 0 Å². The molecule has 3 rings (SSSR count). The lowest BCUT2D eigenvalue weighted by atomic mass is 9.97. The predicted octanol–water partition coefficient (Wildman–Crippen LogP) is 4.14. The lowest BCUT2D eigenvalue weighted by Crippen LogP contribution is -2.13. The fourth-order valence-electron chi connectivity index (χ4n) is 2.39. The summed E-state index contributed by atoms with van der Waals surface area (Å²) in [5.74, 6) is -0.0240. The van der Waals surface area contributed by atoms with Gasteiger partial charge in [0.2, 0.25) is 5.91 Å². The fourth-order valence-corrected chi connectivity index (χ4v) is 3.20. The van der Waals surface area contributed by atoms with Crippen LogP contribution in [0.25, 0.3) is 0 Å². The van der Waals surface area contributed by atoms with Gasteiger partial charge < -0.3 is 11.1 Å². The van der Waals surface area contributed by atoms with Gasteiger partial charge in [-0.05, 0) is 63.5 Å². The van der Waals surface area contributed by atoms with Crippen molar-refractivity contribution in [2.75, 3.05) is 5.32 Å². The van der Waals surface area contributed by atoms with Crippen molar-refractivity contribution in [2.24, 2.45) is 5.73 Å². The number of hydrogen-bond acceptors (Lipinski definition) is 2. The number of carbonyl (C=O) groups is 1. The molecule has 21 heavy (non-hydrogen) atoms. The van der Waals surface area contributed by atoms with E-state index in [1.54, 1.807) is 6.07 Å². The fraction of sp³-hybridized carbons (Fsp3) is 0.133. The van der Waals surface area contributed by atoms with Gasteiger partial charge in [0.1, 0.15) is 0 Å². The molecule has 1 amide bonds. The number of nitrogens with two attached hydrogens (primary N) is 1. The van der Waals surface area contributed by atoms with Crippen LogP contribution in [-0.4, -0.2) is 5.91 Å². The molecule has 6 heteroatoms. The number of halogens is 3. The van der Waals surface area contributed by atoms with Crippen molar-refractivity contribution in [3.63, 3.8) is 0 Å². The molecule has 0 spiro atoms. The van der Waals surface area contributed by atoms with Crippen molar-refractivity contribution in [2.45, 2.75) is 12.5 Å². The molecule has 0 radical (unpaired) electrons. The Bertz CT molecular complexity index is 749. The van der Waals surface area contributed by atoms with Crippen LogP contribution in [0.15, 0.2) is 30.3 Å². The minimum Gasteiger partial charge on any atom is -0.325 e. The smallest absolute Gasteiger partial charge is 0.228 e. The van der Waals surface area contributed by atoms with E-state index >= 15 is 0 Å². The van der Waals surface area contributed by atoms with Crippen molar-refractivity contribution < 1.29 is 4.79 Å². The van der Waals surface area contributed by atoms with Gasteiger partial charge in [0.25, 0.3) is 0 Å². The summed E-state index contributed by atoms with van der Waals surface area (Å²) in [7, 11) is 0. The highest BCUT2D eigenvalue weighted by atomic mass is 127. The number of anilines is 1. The van der Waals surface area contributed by atoms with Crippen LogP contribution in [0.1, 0.15) is 22.7 Å². The quantitative estimate of drug-likeness (QED) is 0.700. The molecule has 0 fully saturated rings. The Morgan fingerprint density at radius 1 is 1.19 bits per heavy atom. The maximum Gasteiger partial charge on any atom is 0.228 e. The molecule has 2 aromatic carbocycles. The highest BCUT2D eigenvalue weighted by Gasteiger charge is 2.22. The number of benzene rings is 2. The number of nitrogens with one attached hydrogen (secondary N) is 1. The molecule has 1 aliphatic rings. The predicted molar refractivity (Wildman–Crippen MR) is 94.0 cm³/mol. The lowest BCUT2D eigenvalue weighted by molar-refractivity contribution is -0.115. The van der Waals surface area contributed by atoms with Crippen LogP contribution in [0.2, 0.25) is 10.0 Å². The van der Waals surface area contributed by atoms with E-state index in [4.69, 9.17) is 28.9 Å². The van der Waals surface area contributed by atoms with Gasteiger partial charge in [0.15, 0.2) is 0 Å². The average molecular weight is 433 g/mol. The van der Waals surface area contributed by atoms with E-state index in [-0.39, 0.29) is 11.9 Å². The van der Waals surface area contributed by atoms with Crippen LogP contribution in [0.4, 0.5) is 5.69 Å². The maximum atomic E-state index is 11.4. The normalized spacial score (nSPS) is 14.8. The Kier molecular flexibility index (Phi) is 4.14. The van der Waals surface area contributed by atoms with Crippen LogP contribution in [0, 0.1) is 3.57 Å². The second kappa shape index (κ2) is 5.76. The van der Waals surface area contributed by atoms with Crippen LogP contribution in [0.3, 0.4) is 0 Å². The molecule has 0 saturated heterocycles. The van der Waals surface area contributed by atoms with Crippen LogP contribution in [0.5, 0.6) is 0 Å². The molecule has 0 bridgehead atoms. The van der Waals surface area contributed by atoms with Gasteiger partial charge in [-0.2, -0.15) is 0 Å². The first-order chi connectivity index (χ1) is 9.95.